The van der Waals surface area contributed by atoms with E-state index in [1.54, 1.807) is 17.0 Å². The van der Waals surface area contributed by atoms with Gasteiger partial charge in [-0.2, -0.15) is 0 Å². The molecule has 1 aliphatic rings. The minimum absolute atomic E-state index is 0.188. The van der Waals surface area contributed by atoms with Crippen molar-refractivity contribution < 1.29 is 4.39 Å². The monoisotopic (exact) mass is 352 g/mol. The van der Waals surface area contributed by atoms with Gasteiger partial charge in [-0.3, -0.25) is 0 Å². The third-order valence-electron chi connectivity index (χ3n) is 4.82. The Kier molecular flexibility index (Phi) is 4.53. The number of aromatic nitrogens is 1. The zero-order valence-corrected chi connectivity index (χ0v) is 15.1. The maximum absolute atomic E-state index is 13.7. The van der Waals surface area contributed by atoms with Gasteiger partial charge in [-0.1, -0.05) is 18.2 Å². The molecule has 0 saturated heterocycles. The summed E-state index contributed by atoms with van der Waals surface area (Å²) in [4.78, 5) is 7.49. The third-order valence-corrected chi connectivity index (χ3v) is 6.02. The molecule has 0 atom stereocenters. The van der Waals surface area contributed by atoms with E-state index in [0.717, 1.165) is 5.82 Å². The number of rotatable bonds is 4. The van der Waals surface area contributed by atoms with Gasteiger partial charge in [-0.15, -0.1) is 11.3 Å². The molecule has 1 aliphatic carbocycles. The first kappa shape index (κ1) is 16.3. The number of hydrogen-bond acceptors (Lipinski definition) is 3. The molecule has 25 heavy (non-hydrogen) atoms. The van der Waals surface area contributed by atoms with Crippen LogP contribution in [0.3, 0.4) is 0 Å². The predicted octanol–water partition coefficient (Wildman–Crippen LogP) is 5.75. The first-order chi connectivity index (χ1) is 12.2. The highest BCUT2D eigenvalue weighted by molar-refractivity contribution is 7.12. The lowest BCUT2D eigenvalue weighted by atomic mass is 9.92. The number of halogens is 1. The van der Waals surface area contributed by atoms with E-state index in [1.165, 1.54) is 53.3 Å². The van der Waals surface area contributed by atoms with E-state index in [4.69, 9.17) is 0 Å². The van der Waals surface area contributed by atoms with E-state index in [1.807, 2.05) is 29.7 Å². The van der Waals surface area contributed by atoms with Crippen LogP contribution in [0.15, 0.2) is 42.6 Å². The molecule has 1 aromatic carbocycles. The number of fused-ring (bicyclic) bond motifs is 1. The van der Waals surface area contributed by atoms with Crippen LogP contribution in [0.5, 0.6) is 0 Å². The van der Waals surface area contributed by atoms with Crippen LogP contribution in [-0.4, -0.2) is 4.98 Å². The van der Waals surface area contributed by atoms with Gasteiger partial charge in [-0.25, -0.2) is 9.37 Å². The van der Waals surface area contributed by atoms with Crippen LogP contribution in [-0.2, 0) is 19.4 Å². The fourth-order valence-corrected chi connectivity index (χ4v) is 4.84. The predicted molar refractivity (Wildman–Crippen MR) is 103 cm³/mol. The summed E-state index contributed by atoms with van der Waals surface area (Å²) in [6.07, 6.45) is 6.93. The van der Waals surface area contributed by atoms with Crippen LogP contribution in [0.4, 0.5) is 10.2 Å². The molecule has 3 aromatic rings. The standard InChI is InChI=1S/C21H21FN2S/c1-14-21(17-7-3-5-9-19(17)25-14)16-10-11-20(24-13-16)23-12-15-6-2-4-8-18(15)22/h2,4,6,8,10-11,13H,3,5,7,9,12H2,1H3,(H,23,24). The molecular formula is C21H21FN2S. The number of nitrogens with zero attached hydrogens (tertiary/aromatic N) is 1. The molecule has 2 heterocycles. The van der Waals surface area contributed by atoms with Crippen molar-refractivity contribution >= 4 is 17.2 Å². The van der Waals surface area contributed by atoms with Gasteiger partial charge in [0, 0.05) is 39.2 Å². The minimum atomic E-state index is -0.188. The summed E-state index contributed by atoms with van der Waals surface area (Å²) >= 11 is 1.94. The van der Waals surface area contributed by atoms with Gasteiger partial charge in [0.05, 0.1) is 0 Å². The van der Waals surface area contributed by atoms with Gasteiger partial charge in [0.2, 0.25) is 0 Å². The minimum Gasteiger partial charge on any atom is -0.366 e. The topological polar surface area (TPSA) is 24.9 Å². The smallest absolute Gasteiger partial charge is 0.128 e. The van der Waals surface area contributed by atoms with Gasteiger partial charge in [0.1, 0.15) is 11.6 Å². The normalized spacial score (nSPS) is 13.5. The highest BCUT2D eigenvalue weighted by Gasteiger charge is 2.19. The van der Waals surface area contributed by atoms with Gasteiger partial charge in [0.25, 0.3) is 0 Å². The molecular weight excluding hydrogens is 331 g/mol. The Labute approximate surface area is 151 Å². The molecule has 2 aromatic heterocycles. The van der Waals surface area contributed by atoms with Crippen LogP contribution in [0.25, 0.3) is 11.1 Å². The number of pyridine rings is 1. The zero-order valence-electron chi connectivity index (χ0n) is 14.3. The Morgan fingerprint density at radius 2 is 1.96 bits per heavy atom. The number of hydrogen-bond donors (Lipinski definition) is 1. The average Bonchev–Trinajstić information content (AvgIpc) is 2.97. The molecule has 0 spiro atoms. The summed E-state index contributed by atoms with van der Waals surface area (Å²) < 4.78 is 13.7. The lowest BCUT2D eigenvalue weighted by Crippen LogP contribution is -2.03. The van der Waals surface area contributed by atoms with E-state index in [0.29, 0.717) is 12.1 Å². The number of aryl methyl sites for hydroxylation is 2. The first-order valence-electron chi connectivity index (χ1n) is 8.77. The second-order valence-electron chi connectivity index (χ2n) is 6.52. The second kappa shape index (κ2) is 6.96. The Balaban J connectivity index is 1.53. The van der Waals surface area contributed by atoms with Crippen LogP contribution in [0.2, 0.25) is 0 Å². The van der Waals surface area contributed by atoms with E-state index < -0.39 is 0 Å². The summed E-state index contributed by atoms with van der Waals surface area (Å²) in [7, 11) is 0. The number of thiophene rings is 1. The first-order valence-corrected chi connectivity index (χ1v) is 9.59. The van der Waals surface area contributed by atoms with Crippen molar-refractivity contribution in [2.75, 3.05) is 5.32 Å². The zero-order chi connectivity index (χ0) is 17.2. The quantitative estimate of drug-likeness (QED) is 0.647. The van der Waals surface area contributed by atoms with Crippen molar-refractivity contribution in [3.05, 3.63) is 69.3 Å². The summed E-state index contributed by atoms with van der Waals surface area (Å²) in [6, 6.07) is 10.9. The van der Waals surface area contributed by atoms with Crippen LogP contribution >= 0.6 is 11.3 Å². The van der Waals surface area contributed by atoms with Crippen molar-refractivity contribution in [1.29, 1.82) is 0 Å². The Morgan fingerprint density at radius 3 is 2.76 bits per heavy atom. The van der Waals surface area contributed by atoms with Crippen LogP contribution in [0.1, 0.15) is 33.7 Å². The largest absolute Gasteiger partial charge is 0.366 e. The van der Waals surface area contributed by atoms with Crippen molar-refractivity contribution in [2.24, 2.45) is 0 Å². The third kappa shape index (κ3) is 3.31. The molecule has 2 nitrogen and oxygen atoms in total. The maximum atomic E-state index is 13.7. The van der Waals surface area contributed by atoms with Crippen molar-refractivity contribution in [2.45, 2.75) is 39.2 Å². The summed E-state index contributed by atoms with van der Waals surface area (Å²) in [6.45, 7) is 2.65. The van der Waals surface area contributed by atoms with Crippen LogP contribution in [0, 0.1) is 12.7 Å². The average molecular weight is 352 g/mol. The summed E-state index contributed by atoms with van der Waals surface area (Å²) in [5.74, 6) is 0.584. The van der Waals surface area contributed by atoms with Crippen molar-refractivity contribution in [3.63, 3.8) is 0 Å². The molecule has 0 aliphatic heterocycles. The molecule has 4 rings (SSSR count). The lowest BCUT2D eigenvalue weighted by Gasteiger charge is -2.13. The summed E-state index contributed by atoms with van der Waals surface area (Å²) in [5, 5.41) is 3.20. The summed E-state index contributed by atoms with van der Waals surface area (Å²) in [5.41, 5.74) is 4.75. The lowest BCUT2D eigenvalue weighted by molar-refractivity contribution is 0.613. The molecule has 0 amide bonds. The molecule has 0 bridgehead atoms. The molecule has 0 unspecified atom stereocenters. The van der Waals surface area contributed by atoms with Crippen molar-refractivity contribution in [1.82, 2.24) is 4.98 Å². The molecule has 4 heteroatoms. The van der Waals surface area contributed by atoms with Crippen LogP contribution < -0.4 is 5.32 Å². The number of benzene rings is 1. The van der Waals surface area contributed by atoms with E-state index in [9.17, 15) is 4.39 Å². The number of nitrogens with one attached hydrogen (secondary N) is 1. The Hall–Kier alpha value is -2.20. The van der Waals surface area contributed by atoms with E-state index >= 15 is 0 Å². The van der Waals surface area contributed by atoms with Gasteiger partial charge in [-0.05, 0) is 56.4 Å². The fourth-order valence-electron chi connectivity index (χ4n) is 3.55. The maximum Gasteiger partial charge on any atom is 0.128 e. The van der Waals surface area contributed by atoms with E-state index in [-0.39, 0.29) is 5.82 Å². The molecule has 0 radical (unpaired) electrons. The van der Waals surface area contributed by atoms with Gasteiger partial charge >= 0.3 is 0 Å². The SMILES string of the molecule is Cc1sc2c(c1-c1ccc(NCc3ccccc3F)nc1)CCCC2. The Morgan fingerprint density at radius 1 is 1.12 bits per heavy atom. The second-order valence-corrected chi connectivity index (χ2v) is 7.83. The highest BCUT2D eigenvalue weighted by Crippen LogP contribution is 2.40. The van der Waals surface area contributed by atoms with E-state index in [2.05, 4.69) is 23.3 Å². The van der Waals surface area contributed by atoms with Crippen molar-refractivity contribution in [3.8, 4) is 11.1 Å². The van der Waals surface area contributed by atoms with Gasteiger partial charge in [0.15, 0.2) is 0 Å². The van der Waals surface area contributed by atoms with Gasteiger partial charge < -0.3 is 5.32 Å². The Bertz CT molecular complexity index is 883. The molecule has 0 fully saturated rings. The molecule has 128 valence electrons. The highest BCUT2D eigenvalue weighted by atomic mass is 32.1. The molecule has 1 N–H and O–H groups in total. The molecule has 0 saturated carbocycles. The fraction of sp³-hybridized carbons (Fsp3) is 0.286. The number of anilines is 1.